The maximum Gasteiger partial charge on any atom is 0.329 e. The first-order valence-corrected chi connectivity index (χ1v) is 8.05. The Balaban J connectivity index is 2.43. The van der Waals surface area contributed by atoms with Crippen LogP contribution in [-0.2, 0) is 19.1 Å². The van der Waals surface area contributed by atoms with E-state index in [2.05, 4.69) is 5.10 Å². The fourth-order valence-corrected chi connectivity index (χ4v) is 2.42. The zero-order valence-corrected chi connectivity index (χ0v) is 14.2. The molecule has 1 aromatic carbocycles. The summed E-state index contributed by atoms with van der Waals surface area (Å²) in [5.74, 6) is -1.29. The minimum atomic E-state index is -1.54. The van der Waals surface area contributed by atoms with E-state index in [0.29, 0.717) is 0 Å². The summed E-state index contributed by atoms with van der Waals surface area (Å²) in [5.41, 5.74) is -0.663. The number of carbonyl (C=O) groups excluding carboxylic acids is 2. The summed E-state index contributed by atoms with van der Waals surface area (Å²) >= 11 is 0. The quantitative estimate of drug-likeness (QED) is 0.444. The first-order chi connectivity index (χ1) is 11.6. The molecular weight excluding hydrogens is 308 g/mol. The molecule has 0 radical (unpaired) electrons. The van der Waals surface area contributed by atoms with Gasteiger partial charge in [-0.15, -0.1) is 0 Å². The molecule has 0 N–H and O–H groups in total. The van der Waals surface area contributed by atoms with E-state index in [1.165, 1.54) is 6.21 Å². The van der Waals surface area contributed by atoms with E-state index in [-0.39, 0.29) is 19.6 Å². The van der Waals surface area contributed by atoms with Crippen molar-refractivity contribution in [3.8, 4) is 0 Å². The fraction of sp³-hybridized carbons (Fsp3) is 0.389. The lowest BCUT2D eigenvalue weighted by Gasteiger charge is -2.23. The number of nitrogens with zero attached hydrogens (tertiary/aromatic N) is 2. The standard InChI is InChI=1S/C18H22N2O4/c1-4-18(16(21)23-5-2,17(22)24-6-3)13-19-20-12-11-14-9-7-8-10-15(14)20/h7-13H,4-6H2,1-3H3/b19-13+. The molecule has 0 saturated heterocycles. The summed E-state index contributed by atoms with van der Waals surface area (Å²) < 4.78 is 11.8. The summed E-state index contributed by atoms with van der Waals surface area (Å²) in [7, 11) is 0. The van der Waals surface area contributed by atoms with Gasteiger partial charge in [-0.2, -0.15) is 5.10 Å². The van der Waals surface area contributed by atoms with Gasteiger partial charge in [-0.05, 0) is 32.4 Å². The van der Waals surface area contributed by atoms with Crippen molar-refractivity contribution in [2.24, 2.45) is 10.5 Å². The van der Waals surface area contributed by atoms with Crippen LogP contribution in [-0.4, -0.2) is 36.0 Å². The molecule has 24 heavy (non-hydrogen) atoms. The van der Waals surface area contributed by atoms with Crippen molar-refractivity contribution in [2.75, 3.05) is 13.2 Å². The molecule has 6 heteroatoms. The molecule has 0 aliphatic rings. The Labute approximate surface area is 141 Å². The summed E-state index contributed by atoms with van der Waals surface area (Å²) in [6.07, 6.45) is 3.31. The van der Waals surface area contributed by atoms with Crippen LogP contribution >= 0.6 is 0 Å². The number of aromatic nitrogens is 1. The molecule has 0 saturated carbocycles. The Hall–Kier alpha value is -2.63. The van der Waals surface area contributed by atoms with Gasteiger partial charge >= 0.3 is 11.9 Å². The number of hydrogen-bond donors (Lipinski definition) is 0. The van der Waals surface area contributed by atoms with E-state index in [1.54, 1.807) is 31.6 Å². The highest BCUT2D eigenvalue weighted by Gasteiger charge is 2.46. The molecule has 1 aromatic heterocycles. The van der Waals surface area contributed by atoms with Crippen LogP contribution < -0.4 is 0 Å². The molecule has 1 heterocycles. The first-order valence-electron chi connectivity index (χ1n) is 8.05. The van der Waals surface area contributed by atoms with Gasteiger partial charge in [0.2, 0.25) is 5.41 Å². The molecule has 0 atom stereocenters. The number of hydrogen-bond acceptors (Lipinski definition) is 5. The third kappa shape index (κ3) is 3.32. The van der Waals surface area contributed by atoms with Gasteiger partial charge < -0.3 is 9.47 Å². The smallest absolute Gasteiger partial charge is 0.329 e. The fourth-order valence-electron chi connectivity index (χ4n) is 2.42. The molecule has 128 valence electrons. The van der Waals surface area contributed by atoms with E-state index in [4.69, 9.17) is 9.47 Å². The molecule has 2 aromatic rings. The van der Waals surface area contributed by atoms with Gasteiger partial charge in [0.25, 0.3) is 0 Å². The monoisotopic (exact) mass is 330 g/mol. The maximum atomic E-state index is 12.4. The average Bonchev–Trinajstić information content (AvgIpc) is 3.00. The summed E-state index contributed by atoms with van der Waals surface area (Å²) in [4.78, 5) is 24.8. The van der Waals surface area contributed by atoms with Gasteiger partial charge in [-0.25, -0.2) is 4.68 Å². The van der Waals surface area contributed by atoms with Gasteiger partial charge in [-0.3, -0.25) is 9.59 Å². The number of esters is 2. The Morgan fingerprint density at radius 1 is 1.08 bits per heavy atom. The SMILES string of the molecule is CCOC(=O)C(/C=N/n1ccc2ccccc21)(CC)C(=O)OCC. The highest BCUT2D eigenvalue weighted by molar-refractivity contribution is 6.14. The van der Waals surface area contributed by atoms with Crippen molar-refractivity contribution in [2.45, 2.75) is 27.2 Å². The second kappa shape index (κ2) is 7.77. The van der Waals surface area contributed by atoms with E-state index in [9.17, 15) is 9.59 Å². The Morgan fingerprint density at radius 3 is 2.29 bits per heavy atom. The topological polar surface area (TPSA) is 69.9 Å². The highest BCUT2D eigenvalue weighted by atomic mass is 16.6. The zero-order valence-electron chi connectivity index (χ0n) is 14.2. The lowest BCUT2D eigenvalue weighted by Crippen LogP contribution is -2.43. The number of fused-ring (bicyclic) bond motifs is 1. The van der Waals surface area contributed by atoms with Gasteiger partial charge in [0.05, 0.1) is 24.9 Å². The largest absolute Gasteiger partial charge is 0.465 e. The zero-order chi connectivity index (χ0) is 17.6. The predicted molar refractivity (Wildman–Crippen MR) is 91.8 cm³/mol. The predicted octanol–water partition coefficient (Wildman–Crippen LogP) is 3.00. The molecule has 0 unspecified atom stereocenters. The van der Waals surface area contributed by atoms with E-state index in [1.807, 2.05) is 30.3 Å². The van der Waals surface area contributed by atoms with E-state index in [0.717, 1.165) is 10.9 Å². The van der Waals surface area contributed by atoms with Crippen LogP contribution in [0.5, 0.6) is 0 Å². The van der Waals surface area contributed by atoms with E-state index >= 15 is 0 Å². The van der Waals surface area contributed by atoms with Crippen molar-refractivity contribution in [3.05, 3.63) is 36.5 Å². The van der Waals surface area contributed by atoms with Crippen LogP contribution in [0.4, 0.5) is 0 Å². The molecule has 0 amide bonds. The molecule has 2 rings (SSSR count). The average molecular weight is 330 g/mol. The molecule has 0 spiro atoms. The molecule has 0 fully saturated rings. The third-order valence-corrected chi connectivity index (χ3v) is 3.82. The molecule has 0 bridgehead atoms. The van der Waals surface area contributed by atoms with Crippen LogP contribution in [0, 0.1) is 5.41 Å². The highest BCUT2D eigenvalue weighted by Crippen LogP contribution is 2.25. The van der Waals surface area contributed by atoms with Crippen LogP contribution in [0.2, 0.25) is 0 Å². The number of ether oxygens (including phenoxy) is 2. The van der Waals surface area contributed by atoms with Crippen LogP contribution in [0.3, 0.4) is 0 Å². The maximum absolute atomic E-state index is 12.4. The van der Waals surface area contributed by atoms with Crippen molar-refractivity contribution in [1.82, 2.24) is 4.68 Å². The summed E-state index contributed by atoms with van der Waals surface area (Å²) in [6, 6.07) is 9.62. The third-order valence-electron chi connectivity index (χ3n) is 3.82. The Kier molecular flexibility index (Phi) is 5.73. The van der Waals surface area contributed by atoms with Crippen molar-refractivity contribution in [1.29, 1.82) is 0 Å². The second-order valence-electron chi connectivity index (χ2n) is 5.23. The first kappa shape index (κ1) is 17.7. The van der Waals surface area contributed by atoms with Crippen LogP contribution in [0.25, 0.3) is 10.9 Å². The number of carbonyl (C=O) groups is 2. The summed E-state index contributed by atoms with van der Waals surface area (Å²) in [6.45, 7) is 5.48. The van der Waals surface area contributed by atoms with Crippen LogP contribution in [0.1, 0.15) is 27.2 Å². The van der Waals surface area contributed by atoms with Gasteiger partial charge in [-0.1, -0.05) is 25.1 Å². The Morgan fingerprint density at radius 2 is 1.71 bits per heavy atom. The Bertz CT molecular complexity index is 730. The molecular formula is C18H22N2O4. The number of benzene rings is 1. The normalized spacial score (nSPS) is 11.8. The van der Waals surface area contributed by atoms with Crippen molar-refractivity contribution < 1.29 is 19.1 Å². The van der Waals surface area contributed by atoms with Gasteiger partial charge in [0.15, 0.2) is 0 Å². The number of para-hydroxylation sites is 1. The summed E-state index contributed by atoms with van der Waals surface area (Å²) in [5, 5.41) is 5.35. The van der Waals surface area contributed by atoms with Gasteiger partial charge in [0, 0.05) is 11.6 Å². The molecule has 6 nitrogen and oxygen atoms in total. The van der Waals surface area contributed by atoms with Gasteiger partial charge in [0.1, 0.15) is 0 Å². The lowest BCUT2D eigenvalue weighted by molar-refractivity contribution is -0.166. The molecule has 0 aliphatic carbocycles. The second-order valence-corrected chi connectivity index (χ2v) is 5.23. The minimum Gasteiger partial charge on any atom is -0.465 e. The lowest BCUT2D eigenvalue weighted by atomic mass is 9.86. The van der Waals surface area contributed by atoms with Crippen molar-refractivity contribution >= 4 is 29.1 Å². The van der Waals surface area contributed by atoms with Crippen LogP contribution in [0.15, 0.2) is 41.6 Å². The van der Waals surface area contributed by atoms with Crippen molar-refractivity contribution in [3.63, 3.8) is 0 Å². The van der Waals surface area contributed by atoms with E-state index < -0.39 is 17.4 Å². The number of rotatable bonds is 7. The molecule has 0 aliphatic heterocycles. The minimum absolute atomic E-state index is 0.181.